The van der Waals surface area contributed by atoms with Crippen LogP contribution in [0, 0.1) is 24.1 Å². The van der Waals surface area contributed by atoms with E-state index >= 15 is 0 Å². The fourth-order valence-electron chi connectivity index (χ4n) is 2.44. The van der Waals surface area contributed by atoms with Crippen LogP contribution >= 0.6 is 11.3 Å². The van der Waals surface area contributed by atoms with Gasteiger partial charge in [0.05, 0.1) is 11.6 Å². The smallest absolute Gasteiger partial charge is 0.331 e. The van der Waals surface area contributed by atoms with E-state index in [0.29, 0.717) is 27.8 Å². The minimum Gasteiger partial charge on any atom is -0.457 e. The maximum absolute atomic E-state index is 13.8. The summed E-state index contributed by atoms with van der Waals surface area (Å²) in [6.07, 6.45) is 2.44. The number of Topliss-reactive ketones (excluding diaryl/α,β-unsaturated/α-hetero) is 1. The van der Waals surface area contributed by atoms with Crippen molar-refractivity contribution in [1.82, 2.24) is 4.98 Å². The summed E-state index contributed by atoms with van der Waals surface area (Å²) in [7, 11) is 0. The van der Waals surface area contributed by atoms with Gasteiger partial charge in [-0.25, -0.2) is 14.2 Å². The van der Waals surface area contributed by atoms with E-state index in [1.54, 1.807) is 42.6 Å². The molecule has 6 nitrogen and oxygen atoms in total. The lowest BCUT2D eigenvalue weighted by Gasteiger charge is -2.05. The Bertz CT molecular complexity index is 1110. The van der Waals surface area contributed by atoms with Crippen LogP contribution in [0.5, 0.6) is 0 Å². The van der Waals surface area contributed by atoms with E-state index in [4.69, 9.17) is 9.15 Å². The lowest BCUT2D eigenvalue weighted by molar-refractivity contribution is -0.143. The molecule has 1 aromatic carbocycles. The monoisotopic (exact) mass is 410 g/mol. The molecule has 0 fully saturated rings. The molecule has 0 N–H and O–H groups in total. The number of carbonyl (C=O) groups is 2. The van der Waals surface area contributed by atoms with Crippen LogP contribution in [0.4, 0.5) is 4.39 Å². The van der Waals surface area contributed by atoms with E-state index in [2.05, 4.69) is 4.98 Å². The number of hydrogen-bond acceptors (Lipinski definition) is 7. The summed E-state index contributed by atoms with van der Waals surface area (Å²) >= 11 is 1.21. The van der Waals surface area contributed by atoms with E-state index in [0.717, 1.165) is 6.08 Å². The minimum atomic E-state index is -1.07. The highest BCUT2D eigenvalue weighted by Gasteiger charge is 2.24. The van der Waals surface area contributed by atoms with Crippen molar-refractivity contribution in [2.45, 2.75) is 12.8 Å². The van der Waals surface area contributed by atoms with Crippen molar-refractivity contribution in [3.63, 3.8) is 0 Å². The molecule has 1 unspecified atom stereocenters. The van der Waals surface area contributed by atoms with Gasteiger partial charge < -0.3 is 9.15 Å². The summed E-state index contributed by atoms with van der Waals surface area (Å²) in [5.41, 5.74) is 1.02. The third-order valence-corrected chi connectivity index (χ3v) is 4.87. The van der Waals surface area contributed by atoms with Gasteiger partial charge in [0, 0.05) is 17.2 Å². The molecule has 29 heavy (non-hydrogen) atoms. The Morgan fingerprint density at radius 1 is 1.34 bits per heavy atom. The fraction of sp³-hybridized carbons (Fsp3) is 0.143. The standard InChI is InChI=1S/C21H15FN2O4S/c1-13-12-29-21(24-13)16(10-23)18(25)11-27-20(26)9-7-14-6-8-19(28-14)15-4-2-3-5-17(15)22/h2-9,12,16H,11H2,1H3/b9-7+. The van der Waals surface area contributed by atoms with Gasteiger partial charge in [-0.05, 0) is 37.3 Å². The SMILES string of the molecule is Cc1csc(C(C#N)C(=O)COC(=O)/C=C/c2ccc(-c3ccccc3F)o2)n1. The Morgan fingerprint density at radius 2 is 2.14 bits per heavy atom. The molecule has 0 spiro atoms. The first-order valence-electron chi connectivity index (χ1n) is 8.52. The van der Waals surface area contributed by atoms with Crippen molar-refractivity contribution in [3.8, 4) is 17.4 Å². The normalized spacial score (nSPS) is 11.9. The van der Waals surface area contributed by atoms with Gasteiger partial charge in [-0.1, -0.05) is 12.1 Å². The van der Waals surface area contributed by atoms with Crippen molar-refractivity contribution < 1.29 is 23.1 Å². The van der Waals surface area contributed by atoms with Crippen LogP contribution in [0.2, 0.25) is 0 Å². The lowest BCUT2D eigenvalue weighted by atomic mass is 10.1. The molecule has 2 aromatic heterocycles. The number of benzene rings is 1. The number of aromatic nitrogens is 1. The molecule has 146 valence electrons. The number of furan rings is 1. The first-order valence-corrected chi connectivity index (χ1v) is 9.40. The molecule has 0 amide bonds. The molecule has 0 aliphatic heterocycles. The van der Waals surface area contributed by atoms with E-state index < -0.39 is 30.1 Å². The number of rotatable bonds is 7. The summed E-state index contributed by atoms with van der Waals surface area (Å²) in [4.78, 5) is 28.1. The van der Waals surface area contributed by atoms with Crippen molar-refractivity contribution in [3.05, 3.63) is 70.1 Å². The number of carbonyl (C=O) groups excluding carboxylic acids is 2. The second-order valence-corrected chi connectivity index (χ2v) is 6.87. The molecule has 3 rings (SSSR count). The zero-order chi connectivity index (χ0) is 20.8. The van der Waals surface area contributed by atoms with E-state index in [1.165, 1.54) is 23.5 Å². The molecule has 8 heteroatoms. The summed E-state index contributed by atoms with van der Waals surface area (Å²) in [5, 5.41) is 11.3. The topological polar surface area (TPSA) is 93.2 Å². The fourth-order valence-corrected chi connectivity index (χ4v) is 3.30. The van der Waals surface area contributed by atoms with Gasteiger partial charge in [0.2, 0.25) is 0 Å². The maximum Gasteiger partial charge on any atom is 0.331 e. The predicted octanol–water partition coefficient (Wildman–Crippen LogP) is 4.28. The summed E-state index contributed by atoms with van der Waals surface area (Å²) in [6, 6.07) is 11.2. The average molecular weight is 410 g/mol. The molecule has 0 saturated carbocycles. The molecule has 0 aliphatic carbocycles. The van der Waals surface area contributed by atoms with Crippen LogP contribution in [-0.2, 0) is 14.3 Å². The Balaban J connectivity index is 1.57. The molecule has 1 atom stereocenters. The molecular weight excluding hydrogens is 395 g/mol. The molecule has 2 heterocycles. The first kappa shape index (κ1) is 20.2. The molecule has 0 radical (unpaired) electrons. The number of ketones is 1. The van der Waals surface area contributed by atoms with E-state index in [-0.39, 0.29) is 0 Å². The van der Waals surface area contributed by atoms with Crippen LogP contribution < -0.4 is 0 Å². The third kappa shape index (κ3) is 5.03. The second-order valence-electron chi connectivity index (χ2n) is 5.98. The van der Waals surface area contributed by atoms with Gasteiger partial charge in [0.15, 0.2) is 18.3 Å². The number of hydrogen-bond donors (Lipinski definition) is 0. The Hall–Kier alpha value is -3.57. The van der Waals surface area contributed by atoms with E-state index in [9.17, 15) is 19.2 Å². The van der Waals surface area contributed by atoms with Gasteiger partial charge in [-0.3, -0.25) is 4.79 Å². The highest BCUT2D eigenvalue weighted by atomic mass is 32.1. The Labute approximate surface area is 169 Å². The van der Waals surface area contributed by atoms with Crippen LogP contribution in [0.25, 0.3) is 17.4 Å². The minimum absolute atomic E-state index is 0.306. The van der Waals surface area contributed by atoms with Crippen molar-refractivity contribution in [2.24, 2.45) is 0 Å². The number of halogens is 1. The van der Waals surface area contributed by atoms with Crippen LogP contribution in [0.1, 0.15) is 22.4 Å². The second kappa shape index (κ2) is 9.08. The van der Waals surface area contributed by atoms with Crippen LogP contribution in [0.15, 0.2) is 52.3 Å². The maximum atomic E-state index is 13.8. The van der Waals surface area contributed by atoms with Crippen molar-refractivity contribution >= 4 is 29.2 Å². The zero-order valence-electron chi connectivity index (χ0n) is 15.3. The van der Waals surface area contributed by atoms with Crippen molar-refractivity contribution in [2.75, 3.05) is 6.61 Å². The summed E-state index contributed by atoms with van der Waals surface area (Å²) in [5.74, 6) is -2.17. The van der Waals surface area contributed by atoms with Gasteiger partial charge in [-0.2, -0.15) is 5.26 Å². The lowest BCUT2D eigenvalue weighted by Crippen LogP contribution is -2.19. The predicted molar refractivity (Wildman–Crippen MR) is 104 cm³/mol. The van der Waals surface area contributed by atoms with Crippen LogP contribution in [-0.4, -0.2) is 23.3 Å². The number of esters is 1. The molecule has 3 aromatic rings. The van der Waals surface area contributed by atoms with Gasteiger partial charge in [0.25, 0.3) is 0 Å². The summed E-state index contributed by atoms with van der Waals surface area (Å²) in [6.45, 7) is 1.22. The average Bonchev–Trinajstić information content (AvgIpc) is 3.35. The molecule has 0 bridgehead atoms. The first-order chi connectivity index (χ1) is 14.0. The summed E-state index contributed by atoms with van der Waals surface area (Å²) < 4.78 is 24.2. The number of ether oxygens (including phenoxy) is 1. The van der Waals surface area contributed by atoms with Gasteiger partial charge in [0.1, 0.15) is 22.3 Å². The number of nitriles is 1. The highest BCUT2D eigenvalue weighted by molar-refractivity contribution is 7.09. The third-order valence-electron chi connectivity index (χ3n) is 3.84. The Kier molecular flexibility index (Phi) is 6.32. The van der Waals surface area contributed by atoms with Gasteiger partial charge >= 0.3 is 5.97 Å². The number of thiazole rings is 1. The molecular formula is C21H15FN2O4S. The Morgan fingerprint density at radius 3 is 2.83 bits per heavy atom. The quantitative estimate of drug-likeness (QED) is 0.426. The number of nitrogens with zero attached hydrogens (tertiary/aromatic N) is 2. The zero-order valence-corrected chi connectivity index (χ0v) is 16.1. The van der Waals surface area contributed by atoms with Crippen LogP contribution in [0.3, 0.4) is 0 Å². The van der Waals surface area contributed by atoms with Crippen molar-refractivity contribution in [1.29, 1.82) is 5.26 Å². The molecule has 0 saturated heterocycles. The largest absolute Gasteiger partial charge is 0.457 e. The molecule has 0 aliphatic rings. The van der Waals surface area contributed by atoms with Gasteiger partial charge in [-0.15, -0.1) is 11.3 Å². The highest BCUT2D eigenvalue weighted by Crippen LogP contribution is 2.25. The van der Waals surface area contributed by atoms with E-state index in [1.807, 2.05) is 6.07 Å². The number of aryl methyl sites for hydroxylation is 1.